The highest BCUT2D eigenvalue weighted by atomic mass is 35.5. The van der Waals surface area contributed by atoms with Gasteiger partial charge in [0.05, 0.1) is 10.6 Å². The fraction of sp³-hybridized carbons (Fsp3) is 0.179. The summed E-state index contributed by atoms with van der Waals surface area (Å²) in [6.45, 7) is 0. The molecule has 1 aliphatic rings. The minimum absolute atomic E-state index is 0.103. The van der Waals surface area contributed by atoms with E-state index in [1.54, 1.807) is 18.2 Å². The van der Waals surface area contributed by atoms with Crippen LogP contribution in [0.4, 0.5) is 5.69 Å². The number of rotatable bonds is 6. The van der Waals surface area contributed by atoms with Gasteiger partial charge in [-0.2, -0.15) is 5.26 Å². The number of anilines is 1. The highest BCUT2D eigenvalue weighted by molar-refractivity contribution is 6.32. The van der Waals surface area contributed by atoms with Gasteiger partial charge in [-0.25, -0.2) is 0 Å². The molecule has 4 N–H and O–H groups in total. The van der Waals surface area contributed by atoms with Crippen molar-refractivity contribution >= 4 is 29.1 Å². The Morgan fingerprint density at radius 1 is 1.09 bits per heavy atom. The zero-order chi connectivity index (χ0) is 25.1. The number of carbonyl (C=O) groups excluding carboxylic acids is 2. The van der Waals surface area contributed by atoms with Crippen LogP contribution in [0.2, 0.25) is 5.02 Å². The van der Waals surface area contributed by atoms with Crippen molar-refractivity contribution in [2.45, 2.75) is 30.3 Å². The third kappa shape index (κ3) is 5.36. The van der Waals surface area contributed by atoms with Gasteiger partial charge in [0.15, 0.2) is 0 Å². The van der Waals surface area contributed by atoms with Gasteiger partial charge in [-0.1, -0.05) is 53.8 Å². The van der Waals surface area contributed by atoms with Gasteiger partial charge in [0.2, 0.25) is 11.5 Å². The van der Waals surface area contributed by atoms with Gasteiger partial charge in [-0.15, -0.1) is 0 Å². The molecule has 6 nitrogen and oxygen atoms in total. The van der Waals surface area contributed by atoms with Crippen molar-refractivity contribution in [2.75, 3.05) is 5.32 Å². The molecule has 2 amide bonds. The Morgan fingerprint density at radius 2 is 1.77 bits per heavy atom. The molecule has 174 valence electrons. The monoisotopic (exact) mass is 483 g/mol. The summed E-state index contributed by atoms with van der Waals surface area (Å²) >= 11 is 6.10. The molecule has 35 heavy (non-hydrogen) atoms. The molecule has 0 aromatic heterocycles. The summed E-state index contributed by atoms with van der Waals surface area (Å²) < 4.78 is 0. The van der Waals surface area contributed by atoms with Gasteiger partial charge < -0.3 is 16.2 Å². The van der Waals surface area contributed by atoms with Crippen molar-refractivity contribution in [1.29, 1.82) is 5.26 Å². The number of nitrogens with two attached hydrogens (primary N) is 1. The molecule has 1 saturated carbocycles. The first-order valence-corrected chi connectivity index (χ1v) is 11.3. The first-order chi connectivity index (χ1) is 16.7. The fourth-order valence-electron chi connectivity index (χ4n) is 3.99. The van der Waals surface area contributed by atoms with Crippen LogP contribution in [-0.4, -0.2) is 22.5 Å². The Morgan fingerprint density at radius 3 is 2.34 bits per heavy atom. The Kier molecular flexibility index (Phi) is 6.62. The summed E-state index contributed by atoms with van der Waals surface area (Å²) in [4.78, 5) is 24.7. The molecule has 3 aromatic rings. The Hall–Kier alpha value is -4.10. The van der Waals surface area contributed by atoms with Crippen LogP contribution in [0.5, 0.6) is 0 Å². The molecule has 3 aromatic carbocycles. The van der Waals surface area contributed by atoms with E-state index in [4.69, 9.17) is 22.6 Å². The van der Waals surface area contributed by atoms with E-state index in [2.05, 4.69) is 17.2 Å². The Labute approximate surface area is 208 Å². The van der Waals surface area contributed by atoms with Crippen LogP contribution in [0.15, 0.2) is 72.8 Å². The lowest BCUT2D eigenvalue weighted by Crippen LogP contribution is -2.44. The maximum Gasteiger partial charge on any atom is 0.269 e. The van der Waals surface area contributed by atoms with E-state index in [0.29, 0.717) is 16.8 Å². The molecule has 1 fully saturated rings. The van der Waals surface area contributed by atoms with E-state index >= 15 is 0 Å². The van der Waals surface area contributed by atoms with Gasteiger partial charge in [0, 0.05) is 23.2 Å². The number of nitriles is 1. The van der Waals surface area contributed by atoms with Crippen LogP contribution in [0.3, 0.4) is 0 Å². The van der Waals surface area contributed by atoms with Gasteiger partial charge in [-0.05, 0) is 66.3 Å². The summed E-state index contributed by atoms with van der Waals surface area (Å²) in [6, 6.07) is 22.5. The van der Waals surface area contributed by atoms with Crippen LogP contribution in [-0.2, 0) is 10.2 Å². The van der Waals surface area contributed by atoms with Gasteiger partial charge >= 0.3 is 0 Å². The zero-order valence-electron chi connectivity index (χ0n) is 18.7. The van der Waals surface area contributed by atoms with Gasteiger partial charge in [0.25, 0.3) is 5.91 Å². The molecule has 1 unspecified atom stereocenters. The SMILES string of the molecule is N#Cc1ccc(NC(=O)C(O)(C#Cc2ccc(C(N)=O)cc2)CC2(c3ccccc3)CC2)cc1Cl. The van der Waals surface area contributed by atoms with Crippen LogP contribution in [0.25, 0.3) is 0 Å². The second-order valence-corrected chi connectivity index (χ2v) is 9.04. The minimum atomic E-state index is -2.02. The smallest absolute Gasteiger partial charge is 0.269 e. The predicted octanol–water partition coefficient (Wildman–Crippen LogP) is 4.15. The second-order valence-electron chi connectivity index (χ2n) is 8.64. The Balaban J connectivity index is 1.66. The number of aliphatic hydroxyl groups is 1. The highest BCUT2D eigenvalue weighted by Crippen LogP contribution is 2.53. The van der Waals surface area contributed by atoms with Crippen molar-refractivity contribution in [3.8, 4) is 17.9 Å². The summed E-state index contributed by atoms with van der Waals surface area (Å²) in [5.41, 5.74) is 5.42. The largest absolute Gasteiger partial charge is 0.369 e. The van der Waals surface area contributed by atoms with Gasteiger partial charge in [0.1, 0.15) is 6.07 Å². The van der Waals surface area contributed by atoms with Crippen LogP contribution in [0.1, 0.15) is 46.3 Å². The Bertz CT molecular complexity index is 1380. The van der Waals surface area contributed by atoms with Crippen molar-refractivity contribution in [1.82, 2.24) is 0 Å². The summed E-state index contributed by atoms with van der Waals surface area (Å²) in [7, 11) is 0. The number of hydrogen-bond acceptors (Lipinski definition) is 4. The lowest BCUT2D eigenvalue weighted by atomic mass is 9.82. The average Bonchev–Trinajstić information content (AvgIpc) is 3.64. The standard InChI is InChI=1S/C28H22ClN3O3/c29-24-16-23(11-10-21(24)17-30)32-26(34)28(35,13-12-19-6-8-20(9-7-19)25(31)33)18-27(14-15-27)22-4-2-1-3-5-22/h1-11,16,35H,14-15,18H2,(H2,31,33)(H,32,34). The number of hydrogen-bond donors (Lipinski definition) is 3. The van der Waals surface area contributed by atoms with Crippen molar-refractivity contribution in [3.63, 3.8) is 0 Å². The molecule has 0 saturated heterocycles. The molecule has 1 aliphatic carbocycles. The number of carbonyl (C=O) groups is 2. The van der Waals surface area contributed by atoms with E-state index in [1.165, 1.54) is 24.3 Å². The number of amides is 2. The number of nitrogens with one attached hydrogen (secondary N) is 1. The number of nitrogens with zero attached hydrogens (tertiary/aromatic N) is 1. The number of benzene rings is 3. The highest BCUT2D eigenvalue weighted by Gasteiger charge is 2.52. The normalized spacial score (nSPS) is 15.0. The average molecular weight is 484 g/mol. The lowest BCUT2D eigenvalue weighted by Gasteiger charge is -2.27. The maximum atomic E-state index is 13.4. The number of primary amides is 1. The summed E-state index contributed by atoms with van der Waals surface area (Å²) in [5.74, 6) is 4.40. The molecular formula is C28H22ClN3O3. The maximum absolute atomic E-state index is 13.4. The molecular weight excluding hydrogens is 462 g/mol. The fourth-order valence-corrected chi connectivity index (χ4v) is 4.22. The van der Waals surface area contributed by atoms with E-state index < -0.39 is 17.4 Å². The van der Waals surface area contributed by atoms with Gasteiger partial charge in [-0.3, -0.25) is 9.59 Å². The zero-order valence-corrected chi connectivity index (χ0v) is 19.5. The first-order valence-electron chi connectivity index (χ1n) is 11.0. The second kappa shape index (κ2) is 9.64. The molecule has 7 heteroatoms. The molecule has 4 rings (SSSR count). The summed E-state index contributed by atoms with van der Waals surface area (Å²) in [6.07, 6.45) is 1.75. The number of halogens is 1. The molecule has 0 bridgehead atoms. The van der Waals surface area contributed by atoms with E-state index in [-0.39, 0.29) is 22.4 Å². The molecule has 0 spiro atoms. The predicted molar refractivity (Wildman–Crippen MR) is 134 cm³/mol. The van der Waals surface area contributed by atoms with Crippen molar-refractivity contribution in [2.24, 2.45) is 5.73 Å². The van der Waals surface area contributed by atoms with Crippen LogP contribution >= 0.6 is 11.6 Å². The third-order valence-corrected chi connectivity index (χ3v) is 6.45. The molecule has 1 atom stereocenters. The van der Waals surface area contributed by atoms with E-state index in [1.807, 2.05) is 36.4 Å². The van der Waals surface area contributed by atoms with Crippen LogP contribution in [0, 0.1) is 23.2 Å². The molecule has 0 radical (unpaired) electrons. The quantitative estimate of drug-likeness (QED) is 0.456. The minimum Gasteiger partial charge on any atom is -0.369 e. The third-order valence-electron chi connectivity index (χ3n) is 6.14. The molecule has 0 aliphatic heterocycles. The van der Waals surface area contributed by atoms with E-state index in [0.717, 1.165) is 18.4 Å². The van der Waals surface area contributed by atoms with E-state index in [9.17, 15) is 14.7 Å². The van der Waals surface area contributed by atoms with Crippen molar-refractivity contribution in [3.05, 3.63) is 100 Å². The topological polar surface area (TPSA) is 116 Å². The lowest BCUT2D eigenvalue weighted by molar-refractivity contribution is -0.129. The first kappa shape index (κ1) is 24.0. The molecule has 0 heterocycles. The van der Waals surface area contributed by atoms with Crippen LogP contribution < -0.4 is 11.1 Å². The summed E-state index contributed by atoms with van der Waals surface area (Å²) in [5, 5.41) is 23.6. The van der Waals surface area contributed by atoms with Crippen molar-refractivity contribution < 1.29 is 14.7 Å².